The van der Waals surface area contributed by atoms with Crippen LogP contribution in [-0.4, -0.2) is 27.5 Å². The van der Waals surface area contributed by atoms with E-state index in [0.717, 1.165) is 0 Å². The van der Waals surface area contributed by atoms with E-state index >= 15 is 0 Å². The van der Waals surface area contributed by atoms with Gasteiger partial charge in [0.05, 0.1) is 0 Å². The maximum absolute atomic E-state index is 8.90. The molecular weight excluding hydrogens is 131 g/mol. The second-order valence-electron chi connectivity index (χ2n) is 0.357. The van der Waals surface area contributed by atoms with E-state index in [2.05, 4.69) is 4.89 Å². The Kier molecular flexibility index (Phi) is 47.5. The van der Waals surface area contributed by atoms with E-state index in [9.17, 15) is 0 Å². The van der Waals surface area contributed by atoms with Gasteiger partial charge in [-0.05, 0) is 0 Å². The van der Waals surface area contributed by atoms with Gasteiger partial charge in [-0.15, -0.1) is 0 Å². The Morgan fingerprint density at radius 2 is 1.62 bits per heavy atom. The summed E-state index contributed by atoms with van der Waals surface area (Å²) in [5.41, 5.74) is 0. The molecule has 0 amide bonds. The van der Waals surface area contributed by atoms with Crippen LogP contribution in [0.15, 0.2) is 0 Å². The van der Waals surface area contributed by atoms with Crippen LogP contribution in [0.1, 0.15) is 1.43 Å². The smallest absolute Gasteiger partial charge is 1.00 e. The fraction of sp³-hybridized carbons (Fsp3) is 0. The summed E-state index contributed by atoms with van der Waals surface area (Å²) in [6, 6.07) is 0. The number of hydrogen-bond donors (Lipinski definition) is 2. The number of rotatable bonds is 0. The zero-order chi connectivity index (χ0) is 4.28. The van der Waals surface area contributed by atoms with E-state index in [-0.39, 0.29) is 41.9 Å². The molecule has 0 fully saturated rings. The summed E-state index contributed by atoms with van der Waals surface area (Å²) in [5.74, 6) is 0. The number of carboxylic acid groups (broad SMARTS) is 1. The van der Waals surface area contributed by atoms with E-state index < -0.39 is 6.16 Å². The Bertz CT molecular complexity index is 48.3. The number of hydrogen-bond acceptors (Lipinski definition) is 3. The van der Waals surface area contributed by atoms with Gasteiger partial charge in [0, 0.05) is 0 Å². The van der Waals surface area contributed by atoms with Crippen molar-refractivity contribution in [3.05, 3.63) is 0 Å². The molecule has 0 saturated heterocycles. The van der Waals surface area contributed by atoms with Crippen LogP contribution in [-0.2, 0) is 4.89 Å². The summed E-state index contributed by atoms with van der Waals surface area (Å²) < 4.78 is 0. The van der Waals surface area contributed by atoms with Gasteiger partial charge in [-0.25, -0.2) is 4.79 Å². The molecule has 6 N–H and O–H groups in total. The summed E-state index contributed by atoms with van der Waals surface area (Å²) in [4.78, 5) is 11.6. The molecule has 0 aromatic heterocycles. The van der Waals surface area contributed by atoms with Crippen LogP contribution in [0.3, 0.4) is 0 Å². The normalized spacial score (nSPS) is 4.12. The molecule has 0 aromatic carbocycles. The van der Waals surface area contributed by atoms with Crippen LogP contribution in [0.25, 0.3) is 0 Å². The maximum atomic E-state index is 8.90. The molecule has 0 rings (SSSR count). The van der Waals surface area contributed by atoms with Crippen molar-refractivity contribution in [2.75, 3.05) is 0 Å². The molecule has 8 heavy (non-hydrogen) atoms. The maximum Gasteiger partial charge on any atom is 1.00 e. The molecule has 0 saturated carbocycles. The SMILES string of the molecule is O.O.O=C(O)OO.[H-].[Na+]. The van der Waals surface area contributed by atoms with Crippen LogP contribution >= 0.6 is 0 Å². The van der Waals surface area contributed by atoms with Gasteiger partial charge in [-0.3, -0.25) is 4.89 Å². The van der Waals surface area contributed by atoms with Crippen molar-refractivity contribution >= 4 is 6.16 Å². The third-order valence-corrected chi connectivity index (χ3v) is 0.0781. The Labute approximate surface area is 68.4 Å². The Morgan fingerprint density at radius 3 is 1.62 bits per heavy atom. The first-order chi connectivity index (χ1) is 2.27. The van der Waals surface area contributed by atoms with E-state index in [4.69, 9.17) is 15.2 Å². The average molecular weight is 138 g/mol. The summed E-state index contributed by atoms with van der Waals surface area (Å²) in [6.45, 7) is 0. The summed E-state index contributed by atoms with van der Waals surface area (Å²) in [5, 5.41) is 14.3. The van der Waals surface area contributed by atoms with Gasteiger partial charge < -0.3 is 17.5 Å². The molecule has 0 spiro atoms. The quantitative estimate of drug-likeness (QED) is 0.199. The largest absolute Gasteiger partial charge is 1.00 e. The fourth-order valence-electron chi connectivity index (χ4n) is 0. The molecule has 0 aliphatic carbocycles. The van der Waals surface area contributed by atoms with Crippen molar-refractivity contribution in [2.45, 2.75) is 0 Å². The zero-order valence-electron chi connectivity index (χ0n) is 5.21. The van der Waals surface area contributed by atoms with Crippen LogP contribution in [0.5, 0.6) is 0 Å². The van der Waals surface area contributed by atoms with Crippen molar-refractivity contribution in [2.24, 2.45) is 0 Å². The Hall–Kier alpha value is 0.150. The van der Waals surface area contributed by atoms with E-state index in [0.29, 0.717) is 0 Å². The van der Waals surface area contributed by atoms with E-state index in [1.165, 1.54) is 0 Å². The second-order valence-corrected chi connectivity index (χ2v) is 0.357. The van der Waals surface area contributed by atoms with Gasteiger partial charge in [0.25, 0.3) is 0 Å². The fourth-order valence-corrected chi connectivity index (χ4v) is 0. The molecule has 0 aliphatic heterocycles. The minimum atomic E-state index is -1.69. The van der Waals surface area contributed by atoms with Gasteiger partial charge in [0.15, 0.2) is 0 Å². The molecule has 0 radical (unpaired) electrons. The molecule has 0 aliphatic rings. The minimum absolute atomic E-state index is 0. The van der Waals surface area contributed by atoms with Crippen molar-refractivity contribution in [3.63, 3.8) is 0 Å². The van der Waals surface area contributed by atoms with Gasteiger partial charge in [0.1, 0.15) is 0 Å². The first-order valence-corrected chi connectivity index (χ1v) is 0.814. The van der Waals surface area contributed by atoms with Crippen LogP contribution in [0.4, 0.5) is 4.79 Å². The summed E-state index contributed by atoms with van der Waals surface area (Å²) in [6.07, 6.45) is -1.69. The van der Waals surface area contributed by atoms with Crippen molar-refractivity contribution < 1.29 is 62.0 Å². The van der Waals surface area contributed by atoms with Gasteiger partial charge >= 0.3 is 35.7 Å². The molecule has 48 valence electrons. The first-order valence-electron chi connectivity index (χ1n) is 0.814. The van der Waals surface area contributed by atoms with Gasteiger partial charge in [0.2, 0.25) is 0 Å². The predicted octanol–water partition coefficient (Wildman–Crippen LogP) is -4.38. The molecule has 0 unspecified atom stereocenters. The minimum Gasteiger partial charge on any atom is -1.00 e. The summed E-state index contributed by atoms with van der Waals surface area (Å²) >= 11 is 0. The molecule has 0 atom stereocenters. The Balaban J connectivity index is -0.0000000133. The first kappa shape index (κ1) is 24.2. The molecule has 0 aromatic rings. The van der Waals surface area contributed by atoms with E-state index in [1.54, 1.807) is 0 Å². The van der Waals surface area contributed by atoms with Crippen LogP contribution in [0.2, 0.25) is 0 Å². The van der Waals surface area contributed by atoms with Crippen molar-refractivity contribution in [1.82, 2.24) is 0 Å². The third-order valence-electron chi connectivity index (χ3n) is 0.0781. The zero-order valence-corrected chi connectivity index (χ0v) is 6.21. The number of carbonyl (C=O) groups is 1. The second kappa shape index (κ2) is 15.7. The molecule has 7 heteroatoms. The monoisotopic (exact) mass is 138 g/mol. The molecular formula is CH7NaO6. The molecule has 0 heterocycles. The van der Waals surface area contributed by atoms with Gasteiger partial charge in [-0.1, -0.05) is 0 Å². The van der Waals surface area contributed by atoms with Crippen LogP contribution in [0, 0.1) is 0 Å². The van der Waals surface area contributed by atoms with Gasteiger partial charge in [-0.2, -0.15) is 5.26 Å². The average Bonchev–Trinajstić information content (AvgIpc) is 1.38. The standard InChI is InChI=1S/CH2O4.Na.2H2O.H/c2-1(3)5-4;;;;/h4H,(H,2,3);;2*1H2;/q;+1;;;-1. The van der Waals surface area contributed by atoms with Crippen molar-refractivity contribution in [1.29, 1.82) is 0 Å². The van der Waals surface area contributed by atoms with Crippen LogP contribution < -0.4 is 29.6 Å². The topological polar surface area (TPSA) is 130 Å². The van der Waals surface area contributed by atoms with Crippen molar-refractivity contribution in [3.8, 4) is 0 Å². The summed E-state index contributed by atoms with van der Waals surface area (Å²) in [7, 11) is 0. The predicted molar refractivity (Wildman–Crippen MR) is 20.1 cm³/mol. The third kappa shape index (κ3) is 35.3. The van der Waals surface area contributed by atoms with E-state index in [1.807, 2.05) is 0 Å². The Morgan fingerprint density at radius 1 is 1.50 bits per heavy atom. The molecule has 0 bridgehead atoms. The molecule has 6 nitrogen and oxygen atoms in total.